The van der Waals surface area contributed by atoms with Crippen molar-refractivity contribution in [2.45, 2.75) is 24.7 Å². The molecule has 8 heteroatoms. The molecule has 1 saturated heterocycles. The summed E-state index contributed by atoms with van der Waals surface area (Å²) in [6.45, 7) is 1.27. The van der Waals surface area contributed by atoms with Gasteiger partial charge < -0.3 is 18.9 Å². The summed E-state index contributed by atoms with van der Waals surface area (Å²) in [5, 5.41) is 21.0. The van der Waals surface area contributed by atoms with Crippen LogP contribution in [0.1, 0.15) is 41.4 Å². The Labute approximate surface area is 224 Å². The van der Waals surface area contributed by atoms with Crippen LogP contribution in [0.3, 0.4) is 0 Å². The van der Waals surface area contributed by atoms with Crippen molar-refractivity contribution in [1.82, 2.24) is 9.80 Å². The molecule has 0 aromatic heterocycles. The number of ether oxygens (including phenoxy) is 4. The topological polar surface area (TPSA) is 91.0 Å². The van der Waals surface area contributed by atoms with E-state index in [2.05, 4.69) is 21.9 Å². The van der Waals surface area contributed by atoms with Crippen molar-refractivity contribution in [3.63, 3.8) is 0 Å². The zero-order chi connectivity index (χ0) is 27.1. The quantitative estimate of drug-likeness (QED) is 0.384. The molecule has 0 aliphatic carbocycles. The third-order valence-electron chi connectivity index (χ3n) is 6.95. The zero-order valence-electron chi connectivity index (χ0n) is 22.1. The molecule has 38 heavy (non-hydrogen) atoms. The van der Waals surface area contributed by atoms with Crippen LogP contribution in [-0.2, 0) is 0 Å². The van der Waals surface area contributed by atoms with Gasteiger partial charge in [-0.2, -0.15) is 10.5 Å². The van der Waals surface area contributed by atoms with Gasteiger partial charge in [-0.05, 0) is 30.7 Å². The second kappa shape index (κ2) is 12.3. The van der Waals surface area contributed by atoms with Crippen LogP contribution in [0, 0.1) is 22.7 Å². The summed E-state index contributed by atoms with van der Waals surface area (Å²) in [7, 11) is 6.43. The van der Waals surface area contributed by atoms with Gasteiger partial charge in [-0.1, -0.05) is 36.4 Å². The summed E-state index contributed by atoms with van der Waals surface area (Å²) in [4.78, 5) is 4.23. The Morgan fingerprint density at radius 3 is 1.63 bits per heavy atom. The molecule has 0 amide bonds. The Kier molecular flexibility index (Phi) is 8.70. The third-order valence-corrected chi connectivity index (χ3v) is 6.95. The molecule has 1 heterocycles. The first-order valence-electron chi connectivity index (χ1n) is 12.4. The number of para-hydroxylation sites is 2. The van der Waals surface area contributed by atoms with Gasteiger partial charge in [0.15, 0.2) is 0 Å². The fourth-order valence-electron chi connectivity index (χ4n) is 5.23. The van der Waals surface area contributed by atoms with Crippen LogP contribution < -0.4 is 18.9 Å². The van der Waals surface area contributed by atoms with Crippen molar-refractivity contribution in [1.29, 1.82) is 10.5 Å². The minimum Gasteiger partial charge on any atom is -0.497 e. The summed E-state index contributed by atoms with van der Waals surface area (Å²) in [6, 6.07) is 24.5. The molecule has 1 fully saturated rings. The molecule has 3 aromatic carbocycles. The van der Waals surface area contributed by atoms with E-state index >= 15 is 0 Å². The van der Waals surface area contributed by atoms with E-state index in [1.807, 2.05) is 66.7 Å². The lowest BCUT2D eigenvalue weighted by molar-refractivity contribution is -0.0305. The van der Waals surface area contributed by atoms with Gasteiger partial charge in [-0.15, -0.1) is 0 Å². The van der Waals surface area contributed by atoms with Crippen LogP contribution in [0.5, 0.6) is 23.0 Å². The molecule has 0 radical (unpaired) electrons. The minimum absolute atomic E-state index is 0.464. The maximum absolute atomic E-state index is 10.5. The van der Waals surface area contributed by atoms with Gasteiger partial charge in [-0.25, -0.2) is 0 Å². The normalized spacial score (nSPS) is 17.5. The second-order valence-electron chi connectivity index (χ2n) is 8.86. The lowest BCUT2D eigenvalue weighted by Gasteiger charge is -2.48. The number of hydrogen-bond donors (Lipinski definition) is 0. The monoisotopic (exact) mass is 512 g/mol. The second-order valence-corrected chi connectivity index (χ2v) is 8.86. The summed E-state index contributed by atoms with van der Waals surface area (Å²) in [6.07, 6.45) is 0.295. The van der Waals surface area contributed by atoms with Gasteiger partial charge >= 0.3 is 0 Å². The standard InChI is InChI=1S/C30H32N4O4/c1-35-21-14-15-24(29(18-21)38-4)30-33(25(19-31)22-10-5-7-12-27(22)36-2)16-9-17-34(30)26(20-32)23-11-6-8-13-28(23)37-3/h5-8,10-15,18,25-26,30H,9,16-17H2,1-4H3. The third kappa shape index (κ3) is 5.10. The molecule has 1 aliphatic heterocycles. The van der Waals surface area contributed by atoms with Crippen molar-refractivity contribution < 1.29 is 18.9 Å². The summed E-state index contributed by atoms with van der Waals surface area (Å²) in [5.74, 6) is 2.54. The predicted molar refractivity (Wildman–Crippen MR) is 143 cm³/mol. The van der Waals surface area contributed by atoms with Crippen LogP contribution in [0.4, 0.5) is 0 Å². The number of rotatable bonds is 9. The Hall–Kier alpha value is -4.24. The first-order chi connectivity index (χ1) is 18.6. The largest absolute Gasteiger partial charge is 0.497 e. The summed E-state index contributed by atoms with van der Waals surface area (Å²) < 4.78 is 22.5. The van der Waals surface area contributed by atoms with E-state index in [1.165, 1.54) is 0 Å². The Balaban J connectivity index is 1.91. The number of hydrogen-bond acceptors (Lipinski definition) is 8. The first kappa shape index (κ1) is 26.8. The maximum Gasteiger partial charge on any atom is 0.128 e. The van der Waals surface area contributed by atoms with Crippen LogP contribution in [-0.4, -0.2) is 51.3 Å². The van der Waals surface area contributed by atoms with Gasteiger partial charge in [-0.3, -0.25) is 9.80 Å². The maximum atomic E-state index is 10.5. The lowest BCUT2D eigenvalue weighted by atomic mass is 9.95. The number of benzene rings is 3. The average Bonchev–Trinajstić information content (AvgIpc) is 2.98. The van der Waals surface area contributed by atoms with Crippen LogP contribution in [0.25, 0.3) is 0 Å². The van der Waals surface area contributed by atoms with Crippen molar-refractivity contribution in [3.8, 4) is 35.1 Å². The van der Waals surface area contributed by atoms with Gasteiger partial charge in [0.2, 0.25) is 0 Å². The van der Waals surface area contributed by atoms with Crippen molar-refractivity contribution >= 4 is 0 Å². The Bertz CT molecular complexity index is 1260. The van der Waals surface area contributed by atoms with E-state index in [1.54, 1.807) is 28.4 Å². The fourth-order valence-corrected chi connectivity index (χ4v) is 5.23. The average molecular weight is 513 g/mol. The molecule has 4 rings (SSSR count). The predicted octanol–water partition coefficient (Wildman–Crippen LogP) is 5.26. The number of nitriles is 2. The molecule has 196 valence electrons. The molecule has 0 spiro atoms. The van der Waals surface area contributed by atoms with E-state index in [0.717, 1.165) is 23.1 Å². The first-order valence-corrected chi connectivity index (χ1v) is 12.4. The van der Waals surface area contributed by atoms with E-state index in [-0.39, 0.29) is 0 Å². The molecule has 2 atom stereocenters. The summed E-state index contributed by atoms with van der Waals surface area (Å²) in [5.41, 5.74) is 2.36. The molecule has 0 bridgehead atoms. The number of nitrogens with zero attached hydrogens (tertiary/aromatic N) is 4. The molecule has 1 aliphatic rings. The number of methoxy groups -OCH3 is 4. The molecule has 0 saturated carbocycles. The molecular formula is C30H32N4O4. The van der Waals surface area contributed by atoms with Crippen molar-refractivity contribution in [3.05, 3.63) is 83.4 Å². The van der Waals surface area contributed by atoms with E-state index in [9.17, 15) is 10.5 Å². The minimum atomic E-state index is -0.636. The van der Waals surface area contributed by atoms with E-state index in [0.29, 0.717) is 36.1 Å². The molecule has 8 nitrogen and oxygen atoms in total. The molecule has 3 aromatic rings. The highest BCUT2D eigenvalue weighted by atomic mass is 16.5. The van der Waals surface area contributed by atoms with Crippen LogP contribution in [0.15, 0.2) is 66.7 Å². The highest BCUT2D eigenvalue weighted by Gasteiger charge is 2.42. The van der Waals surface area contributed by atoms with Crippen LogP contribution in [0.2, 0.25) is 0 Å². The zero-order valence-corrected chi connectivity index (χ0v) is 22.1. The lowest BCUT2D eigenvalue weighted by Crippen LogP contribution is -2.50. The van der Waals surface area contributed by atoms with Crippen molar-refractivity contribution in [2.75, 3.05) is 41.5 Å². The highest BCUT2D eigenvalue weighted by Crippen LogP contribution is 2.46. The van der Waals surface area contributed by atoms with Crippen molar-refractivity contribution in [2.24, 2.45) is 0 Å². The molecule has 2 unspecified atom stereocenters. The molecule has 0 N–H and O–H groups in total. The smallest absolute Gasteiger partial charge is 0.128 e. The van der Waals surface area contributed by atoms with Gasteiger partial charge in [0.05, 0.1) is 46.7 Å². The summed E-state index contributed by atoms with van der Waals surface area (Å²) >= 11 is 0. The van der Waals surface area contributed by atoms with E-state index in [4.69, 9.17) is 18.9 Å². The Morgan fingerprint density at radius 1 is 0.684 bits per heavy atom. The fraction of sp³-hybridized carbons (Fsp3) is 0.333. The van der Waals surface area contributed by atoms with Gasteiger partial charge in [0.25, 0.3) is 0 Å². The van der Waals surface area contributed by atoms with Gasteiger partial charge in [0, 0.05) is 35.8 Å². The highest BCUT2D eigenvalue weighted by molar-refractivity contribution is 5.45. The Morgan fingerprint density at radius 2 is 1.18 bits per heavy atom. The van der Waals surface area contributed by atoms with Crippen LogP contribution >= 0.6 is 0 Å². The SMILES string of the molecule is COc1ccc(C2N(C(C#N)c3ccccc3OC)CCCN2C(C#N)c2ccccc2OC)c(OC)c1. The van der Waals surface area contributed by atoms with Gasteiger partial charge in [0.1, 0.15) is 35.1 Å². The molecular weight excluding hydrogens is 480 g/mol. The van der Waals surface area contributed by atoms with E-state index < -0.39 is 18.2 Å².